The molecule has 26 heavy (non-hydrogen) atoms. The largest absolute Gasteiger partial charge is 0.336 e. The summed E-state index contributed by atoms with van der Waals surface area (Å²) in [7, 11) is 0. The van der Waals surface area contributed by atoms with Crippen molar-refractivity contribution in [1.29, 1.82) is 0 Å². The first-order valence-electron chi connectivity index (χ1n) is 9.35. The molecule has 3 aromatic rings. The fourth-order valence-electron chi connectivity index (χ4n) is 4.19. The van der Waals surface area contributed by atoms with Crippen LogP contribution in [0, 0.1) is 0 Å². The van der Waals surface area contributed by atoms with Gasteiger partial charge in [-0.2, -0.15) is 0 Å². The van der Waals surface area contributed by atoms with Gasteiger partial charge < -0.3 is 4.57 Å². The molecule has 0 atom stereocenters. The first-order chi connectivity index (χ1) is 12.8. The molecule has 5 aliphatic rings. The molecule has 2 heterocycles. The molecular formula is C24H21NO. The van der Waals surface area contributed by atoms with Gasteiger partial charge in [0.25, 0.3) is 0 Å². The van der Waals surface area contributed by atoms with Crippen molar-refractivity contribution in [1.82, 2.24) is 4.57 Å². The van der Waals surface area contributed by atoms with Crippen LogP contribution in [0.2, 0.25) is 0 Å². The van der Waals surface area contributed by atoms with Gasteiger partial charge in [0.1, 0.15) is 6.29 Å². The number of rotatable bonds is 2. The number of aryl methyl sites for hydroxylation is 4. The highest BCUT2D eigenvalue weighted by Crippen LogP contribution is 2.32. The summed E-state index contributed by atoms with van der Waals surface area (Å²) >= 11 is 0. The zero-order chi connectivity index (χ0) is 17.5. The molecule has 0 saturated carbocycles. The number of aromatic nitrogens is 1. The van der Waals surface area contributed by atoms with E-state index < -0.39 is 0 Å². The average molecular weight is 339 g/mol. The quantitative estimate of drug-likeness (QED) is 0.624. The van der Waals surface area contributed by atoms with Crippen molar-refractivity contribution in [3.8, 4) is 11.3 Å². The molecule has 2 heteroatoms. The highest BCUT2D eigenvalue weighted by Gasteiger charge is 2.18. The Hall–Kier alpha value is -2.87. The summed E-state index contributed by atoms with van der Waals surface area (Å²) < 4.78 is 2.27. The van der Waals surface area contributed by atoms with Gasteiger partial charge in [0.15, 0.2) is 0 Å². The molecule has 0 saturated heterocycles. The van der Waals surface area contributed by atoms with E-state index in [0.29, 0.717) is 6.54 Å². The normalized spacial score (nSPS) is 15.3. The zero-order valence-corrected chi connectivity index (χ0v) is 14.7. The number of fused-ring (bicyclic) bond motifs is 1. The van der Waals surface area contributed by atoms with Crippen molar-refractivity contribution in [3.63, 3.8) is 0 Å². The first kappa shape index (κ1) is 15.4. The molecule has 0 spiro atoms. The lowest BCUT2D eigenvalue weighted by Crippen LogP contribution is -2.04. The lowest BCUT2D eigenvalue weighted by molar-refractivity contribution is -0.105. The van der Waals surface area contributed by atoms with Gasteiger partial charge in [0, 0.05) is 22.5 Å². The molecular weight excluding hydrogens is 318 g/mol. The van der Waals surface area contributed by atoms with Crippen molar-refractivity contribution in [2.75, 3.05) is 0 Å². The Balaban J connectivity index is 1.58. The summed E-state index contributed by atoms with van der Waals surface area (Å²) in [6, 6.07) is 20.4. The number of nitrogens with zero attached hydrogens (tertiary/aromatic N) is 1. The Labute approximate surface area is 153 Å². The summed E-state index contributed by atoms with van der Waals surface area (Å²) in [6.45, 7) is 0.686. The summed E-state index contributed by atoms with van der Waals surface area (Å²) in [6.07, 6.45) is 7.18. The maximum atomic E-state index is 11.2. The topological polar surface area (TPSA) is 22.0 Å². The molecule has 2 aromatic carbocycles. The summed E-state index contributed by atoms with van der Waals surface area (Å²) in [4.78, 5) is 11.2. The predicted octanol–water partition coefficient (Wildman–Crippen LogP) is 4.63. The van der Waals surface area contributed by atoms with E-state index in [0.717, 1.165) is 43.2 Å². The van der Waals surface area contributed by atoms with Crippen LogP contribution in [-0.4, -0.2) is 10.9 Å². The molecule has 4 aliphatic carbocycles. The van der Waals surface area contributed by atoms with E-state index in [4.69, 9.17) is 0 Å². The van der Waals surface area contributed by atoms with Crippen LogP contribution >= 0.6 is 0 Å². The molecule has 0 fully saturated rings. The van der Waals surface area contributed by atoms with Crippen LogP contribution in [-0.2, 0) is 37.0 Å². The summed E-state index contributed by atoms with van der Waals surface area (Å²) in [5.41, 5.74) is 10.1. The fraction of sp³-hybridized carbons (Fsp3) is 0.208. The molecule has 4 bridgehead atoms. The molecule has 1 aromatic heterocycles. The van der Waals surface area contributed by atoms with Gasteiger partial charge in [0.2, 0.25) is 0 Å². The number of aldehydes is 1. The van der Waals surface area contributed by atoms with E-state index in [-0.39, 0.29) is 0 Å². The summed E-state index contributed by atoms with van der Waals surface area (Å²) in [5, 5.41) is 0. The van der Waals surface area contributed by atoms with Crippen LogP contribution in [0.5, 0.6) is 0 Å². The number of hydrogen-bond acceptors (Lipinski definition) is 1. The second-order valence-electron chi connectivity index (χ2n) is 7.37. The summed E-state index contributed by atoms with van der Waals surface area (Å²) in [5.74, 6) is 0. The van der Waals surface area contributed by atoms with E-state index in [1.807, 2.05) is 6.08 Å². The smallest absolute Gasteiger partial charge is 0.147 e. The first-order valence-corrected chi connectivity index (χ1v) is 9.35. The number of hydrogen-bond donors (Lipinski definition) is 0. The average Bonchev–Trinajstić information content (AvgIpc) is 3.24. The van der Waals surface area contributed by atoms with Crippen LogP contribution in [0.1, 0.15) is 27.9 Å². The maximum Gasteiger partial charge on any atom is 0.147 e. The highest BCUT2D eigenvalue weighted by atomic mass is 16.1. The van der Waals surface area contributed by atoms with Gasteiger partial charge >= 0.3 is 0 Å². The molecule has 0 amide bonds. The van der Waals surface area contributed by atoms with E-state index in [9.17, 15) is 4.79 Å². The molecule has 0 N–H and O–H groups in total. The number of carbonyl (C=O) groups is 1. The molecule has 1 aliphatic heterocycles. The standard InChI is InChI=1S/C24H21NO/c26-16-20-13-22-11-12-24(25(22)15-20)23-14-19-6-5-17-1-3-18(4-2-17)7-9-21(23)10-8-19/h1-4,8,10-14,16H,5-7,9,15H2. The Morgan fingerprint density at radius 3 is 2.23 bits per heavy atom. The van der Waals surface area contributed by atoms with Gasteiger partial charge in [-0.25, -0.2) is 0 Å². The van der Waals surface area contributed by atoms with Gasteiger partial charge in [-0.15, -0.1) is 0 Å². The minimum atomic E-state index is 0.686. The minimum Gasteiger partial charge on any atom is -0.336 e. The van der Waals surface area contributed by atoms with Crippen molar-refractivity contribution < 1.29 is 4.79 Å². The van der Waals surface area contributed by atoms with Crippen LogP contribution in [0.15, 0.2) is 60.2 Å². The predicted molar refractivity (Wildman–Crippen MR) is 105 cm³/mol. The molecule has 2 nitrogen and oxygen atoms in total. The van der Waals surface area contributed by atoms with Gasteiger partial charge in [-0.1, -0.05) is 36.4 Å². The highest BCUT2D eigenvalue weighted by molar-refractivity contribution is 5.84. The van der Waals surface area contributed by atoms with Crippen LogP contribution in [0.3, 0.4) is 0 Å². The lowest BCUT2D eigenvalue weighted by Gasteiger charge is -2.16. The van der Waals surface area contributed by atoms with Crippen LogP contribution < -0.4 is 0 Å². The third kappa shape index (κ3) is 2.62. The maximum absolute atomic E-state index is 11.2. The van der Waals surface area contributed by atoms with Crippen molar-refractivity contribution in [2.24, 2.45) is 0 Å². The zero-order valence-electron chi connectivity index (χ0n) is 14.7. The number of allylic oxidation sites excluding steroid dienone is 1. The molecule has 0 radical (unpaired) electrons. The van der Waals surface area contributed by atoms with Crippen molar-refractivity contribution in [3.05, 3.63) is 88.1 Å². The van der Waals surface area contributed by atoms with Crippen LogP contribution in [0.4, 0.5) is 0 Å². The van der Waals surface area contributed by atoms with Gasteiger partial charge in [-0.3, -0.25) is 4.79 Å². The Morgan fingerprint density at radius 2 is 1.46 bits per heavy atom. The second-order valence-corrected chi connectivity index (χ2v) is 7.37. The Kier molecular flexibility index (Phi) is 3.63. The molecule has 8 rings (SSSR count). The van der Waals surface area contributed by atoms with Crippen molar-refractivity contribution >= 4 is 12.4 Å². The minimum absolute atomic E-state index is 0.686. The Bertz CT molecular complexity index is 1020. The number of carbonyl (C=O) groups excluding carboxylic acids is 1. The second kappa shape index (κ2) is 6.14. The van der Waals surface area contributed by atoms with Crippen LogP contribution in [0.25, 0.3) is 17.3 Å². The monoisotopic (exact) mass is 339 g/mol. The Morgan fingerprint density at radius 1 is 0.769 bits per heavy atom. The van der Waals surface area contributed by atoms with Gasteiger partial charge in [0.05, 0.1) is 6.54 Å². The fourth-order valence-corrected chi connectivity index (χ4v) is 4.19. The van der Waals surface area contributed by atoms with E-state index >= 15 is 0 Å². The molecule has 0 unspecified atom stereocenters. The van der Waals surface area contributed by atoms with E-state index in [2.05, 4.69) is 59.2 Å². The third-order valence-corrected chi connectivity index (χ3v) is 5.70. The lowest BCUT2D eigenvalue weighted by atomic mass is 9.92. The SMILES string of the molecule is O=CC1=Cc2ccc(-c3cc4ccc3CCc3ccc(cc3)CC4)n2C1. The number of benzene rings is 2. The van der Waals surface area contributed by atoms with Gasteiger partial charge in [-0.05, 0) is 72.2 Å². The van der Waals surface area contributed by atoms with E-state index in [1.54, 1.807) is 0 Å². The third-order valence-electron chi connectivity index (χ3n) is 5.70. The van der Waals surface area contributed by atoms with E-state index in [1.165, 1.54) is 33.5 Å². The molecule has 128 valence electrons. The van der Waals surface area contributed by atoms with Crippen molar-refractivity contribution in [2.45, 2.75) is 32.2 Å².